The zero-order valence-corrected chi connectivity index (χ0v) is 10.3. The van der Waals surface area contributed by atoms with Gasteiger partial charge in [-0.2, -0.15) is 0 Å². The topological polar surface area (TPSA) is 69.1 Å². The molecule has 1 unspecified atom stereocenters. The van der Waals surface area contributed by atoms with Crippen LogP contribution in [0.15, 0.2) is 52.3 Å². The van der Waals surface area contributed by atoms with E-state index < -0.39 is 10.8 Å². The van der Waals surface area contributed by atoms with Gasteiger partial charge < -0.3 is 11.5 Å². The first kappa shape index (κ1) is 11.7. The predicted octanol–water partition coefficient (Wildman–Crippen LogP) is 2.33. The molecule has 0 saturated carbocycles. The van der Waals surface area contributed by atoms with Crippen molar-refractivity contribution in [3.8, 4) is 0 Å². The van der Waals surface area contributed by atoms with E-state index in [9.17, 15) is 4.21 Å². The highest BCUT2D eigenvalue weighted by Gasteiger charge is 2.08. The lowest BCUT2D eigenvalue weighted by Gasteiger charge is -2.05. The van der Waals surface area contributed by atoms with Gasteiger partial charge in [-0.15, -0.1) is 0 Å². The van der Waals surface area contributed by atoms with Crippen molar-refractivity contribution in [2.45, 2.75) is 16.7 Å². The molecular weight excluding hydrogens is 232 g/mol. The van der Waals surface area contributed by atoms with Gasteiger partial charge in [-0.3, -0.25) is 0 Å². The van der Waals surface area contributed by atoms with E-state index in [0.717, 1.165) is 10.5 Å². The standard InChI is InChI=1S/C13H14N2OS/c1-9-6-11(15)8-13(7-9)17(16)12-4-2-10(14)3-5-12/h2-8H,14-15H2,1H3. The zero-order valence-electron chi connectivity index (χ0n) is 9.51. The van der Waals surface area contributed by atoms with Crippen LogP contribution in [0.2, 0.25) is 0 Å². The normalized spacial score (nSPS) is 12.3. The highest BCUT2D eigenvalue weighted by atomic mass is 32.2. The first-order chi connectivity index (χ1) is 8.06. The van der Waals surface area contributed by atoms with Gasteiger partial charge in [0.15, 0.2) is 0 Å². The molecule has 0 heterocycles. The third-order valence-electron chi connectivity index (χ3n) is 2.38. The Morgan fingerprint density at radius 1 is 0.882 bits per heavy atom. The second kappa shape index (κ2) is 4.59. The monoisotopic (exact) mass is 246 g/mol. The minimum absolute atomic E-state index is 0.629. The third-order valence-corrected chi connectivity index (χ3v) is 3.75. The van der Waals surface area contributed by atoms with Crippen LogP contribution < -0.4 is 11.5 Å². The number of nitrogens with two attached hydrogens (primary N) is 2. The summed E-state index contributed by atoms with van der Waals surface area (Å²) in [5.41, 5.74) is 13.6. The summed E-state index contributed by atoms with van der Waals surface area (Å²) >= 11 is 0. The van der Waals surface area contributed by atoms with Crippen LogP contribution in [0.25, 0.3) is 0 Å². The summed E-state index contributed by atoms with van der Waals surface area (Å²) in [5, 5.41) is 0. The average molecular weight is 246 g/mol. The van der Waals surface area contributed by atoms with Crippen molar-refractivity contribution in [1.82, 2.24) is 0 Å². The van der Waals surface area contributed by atoms with Gasteiger partial charge in [0.05, 0.1) is 10.8 Å². The molecule has 0 aromatic heterocycles. The van der Waals surface area contributed by atoms with Crippen LogP contribution >= 0.6 is 0 Å². The van der Waals surface area contributed by atoms with E-state index in [4.69, 9.17) is 11.5 Å². The molecule has 0 radical (unpaired) electrons. The Morgan fingerprint density at radius 2 is 1.53 bits per heavy atom. The molecule has 0 saturated heterocycles. The molecule has 2 aromatic carbocycles. The first-order valence-corrected chi connectivity index (χ1v) is 6.36. The molecular formula is C13H14N2OS. The second-order valence-corrected chi connectivity index (χ2v) is 5.40. The third kappa shape index (κ3) is 2.65. The van der Waals surface area contributed by atoms with Crippen molar-refractivity contribution in [3.63, 3.8) is 0 Å². The van der Waals surface area contributed by atoms with Gasteiger partial charge in [0.25, 0.3) is 0 Å². The van der Waals surface area contributed by atoms with Crippen molar-refractivity contribution >= 4 is 22.2 Å². The number of nitrogen functional groups attached to an aromatic ring is 2. The van der Waals surface area contributed by atoms with Crippen molar-refractivity contribution < 1.29 is 4.21 Å². The molecule has 0 aliphatic carbocycles. The van der Waals surface area contributed by atoms with E-state index in [1.807, 2.05) is 19.1 Å². The maximum Gasteiger partial charge on any atom is 0.0850 e. The molecule has 0 spiro atoms. The van der Waals surface area contributed by atoms with E-state index >= 15 is 0 Å². The van der Waals surface area contributed by atoms with Gasteiger partial charge >= 0.3 is 0 Å². The summed E-state index contributed by atoms with van der Waals surface area (Å²) in [4.78, 5) is 1.44. The predicted molar refractivity (Wildman–Crippen MR) is 71.1 cm³/mol. The van der Waals surface area contributed by atoms with Crippen LogP contribution in [0.4, 0.5) is 11.4 Å². The molecule has 4 heteroatoms. The van der Waals surface area contributed by atoms with Crippen molar-refractivity contribution in [2.75, 3.05) is 11.5 Å². The average Bonchev–Trinajstić information content (AvgIpc) is 2.28. The number of aryl methyl sites for hydroxylation is 1. The van der Waals surface area contributed by atoms with Gasteiger partial charge in [-0.05, 0) is 55.0 Å². The minimum atomic E-state index is -1.21. The van der Waals surface area contributed by atoms with Crippen LogP contribution in [-0.2, 0) is 10.8 Å². The molecule has 0 amide bonds. The summed E-state index contributed by atoms with van der Waals surface area (Å²) in [7, 11) is -1.21. The van der Waals surface area contributed by atoms with Crippen LogP contribution in [0.5, 0.6) is 0 Å². The van der Waals surface area contributed by atoms with Crippen molar-refractivity contribution in [2.24, 2.45) is 0 Å². The minimum Gasteiger partial charge on any atom is -0.399 e. The quantitative estimate of drug-likeness (QED) is 0.799. The molecule has 3 nitrogen and oxygen atoms in total. The van der Waals surface area contributed by atoms with Gasteiger partial charge in [-0.1, -0.05) is 0 Å². The molecule has 0 aliphatic heterocycles. The van der Waals surface area contributed by atoms with E-state index in [0.29, 0.717) is 16.3 Å². The fraction of sp³-hybridized carbons (Fsp3) is 0.0769. The molecule has 2 aromatic rings. The lowest BCUT2D eigenvalue weighted by atomic mass is 10.2. The lowest BCUT2D eigenvalue weighted by Crippen LogP contribution is -1.96. The Labute approximate surface area is 103 Å². The summed E-state index contributed by atoms with van der Waals surface area (Å²) in [6.45, 7) is 1.93. The largest absolute Gasteiger partial charge is 0.399 e. The molecule has 0 aliphatic rings. The van der Waals surface area contributed by atoms with Crippen LogP contribution in [-0.4, -0.2) is 4.21 Å². The smallest absolute Gasteiger partial charge is 0.0850 e. The van der Waals surface area contributed by atoms with Gasteiger partial charge in [-0.25, -0.2) is 4.21 Å². The Balaban J connectivity index is 2.40. The van der Waals surface area contributed by atoms with E-state index in [-0.39, 0.29) is 0 Å². The molecule has 17 heavy (non-hydrogen) atoms. The molecule has 2 rings (SSSR count). The summed E-state index contributed by atoms with van der Waals surface area (Å²) in [5.74, 6) is 0. The van der Waals surface area contributed by atoms with E-state index in [2.05, 4.69) is 0 Å². The summed E-state index contributed by atoms with van der Waals surface area (Å²) < 4.78 is 12.3. The number of anilines is 2. The van der Waals surface area contributed by atoms with Crippen LogP contribution in [0, 0.1) is 6.92 Å². The Kier molecular flexibility index (Phi) is 3.15. The van der Waals surface area contributed by atoms with Crippen molar-refractivity contribution in [1.29, 1.82) is 0 Å². The second-order valence-electron chi connectivity index (χ2n) is 3.92. The van der Waals surface area contributed by atoms with E-state index in [1.165, 1.54) is 0 Å². The van der Waals surface area contributed by atoms with Gasteiger partial charge in [0, 0.05) is 21.2 Å². The van der Waals surface area contributed by atoms with Gasteiger partial charge in [0.1, 0.15) is 0 Å². The molecule has 4 N–H and O–H groups in total. The van der Waals surface area contributed by atoms with Crippen LogP contribution in [0.3, 0.4) is 0 Å². The Bertz CT molecular complexity index is 544. The fourth-order valence-electron chi connectivity index (χ4n) is 1.61. The zero-order chi connectivity index (χ0) is 12.4. The number of hydrogen-bond donors (Lipinski definition) is 2. The molecule has 0 fully saturated rings. The SMILES string of the molecule is Cc1cc(N)cc(S(=O)c2ccc(N)cc2)c1. The Hall–Kier alpha value is -1.81. The highest BCUT2D eigenvalue weighted by molar-refractivity contribution is 7.85. The van der Waals surface area contributed by atoms with E-state index in [1.54, 1.807) is 30.3 Å². The molecule has 0 bridgehead atoms. The summed E-state index contributed by atoms with van der Waals surface area (Å²) in [6, 6.07) is 12.5. The fourth-order valence-corrected chi connectivity index (χ4v) is 2.80. The molecule has 1 atom stereocenters. The Morgan fingerprint density at radius 3 is 2.12 bits per heavy atom. The van der Waals surface area contributed by atoms with Crippen molar-refractivity contribution in [3.05, 3.63) is 48.0 Å². The first-order valence-electron chi connectivity index (χ1n) is 5.21. The van der Waals surface area contributed by atoms with Gasteiger partial charge in [0.2, 0.25) is 0 Å². The number of benzene rings is 2. The highest BCUT2D eigenvalue weighted by Crippen LogP contribution is 2.21. The maximum absolute atomic E-state index is 12.3. The summed E-state index contributed by atoms with van der Waals surface area (Å²) in [6.07, 6.45) is 0. The molecule has 88 valence electrons. The number of hydrogen-bond acceptors (Lipinski definition) is 3. The number of rotatable bonds is 2. The lowest BCUT2D eigenvalue weighted by molar-refractivity contribution is 0.683. The van der Waals surface area contributed by atoms with Crippen LogP contribution in [0.1, 0.15) is 5.56 Å². The maximum atomic E-state index is 12.3.